The summed E-state index contributed by atoms with van der Waals surface area (Å²) in [7, 11) is 0.221. The first-order valence-corrected chi connectivity index (χ1v) is 8.64. The van der Waals surface area contributed by atoms with E-state index in [-0.39, 0.29) is 4.90 Å². The highest BCUT2D eigenvalue weighted by Gasteiger charge is 2.18. The van der Waals surface area contributed by atoms with Gasteiger partial charge in [-0.25, -0.2) is 8.42 Å². The number of aryl methyl sites for hydroxylation is 2. The zero-order valence-corrected chi connectivity index (χ0v) is 14.6. The Morgan fingerprint density at radius 3 is 2.14 bits per heavy atom. The Hall–Kier alpha value is -1.72. The van der Waals surface area contributed by atoms with Crippen LogP contribution >= 0.6 is 11.6 Å². The molecule has 0 amide bonds. The Morgan fingerprint density at radius 2 is 1.59 bits per heavy atom. The first kappa shape index (κ1) is 16.6. The number of hydrogen-bond acceptors (Lipinski definition) is 3. The number of sulfonamides is 1. The van der Waals surface area contributed by atoms with Gasteiger partial charge in [-0.3, -0.25) is 4.72 Å². The summed E-state index contributed by atoms with van der Waals surface area (Å²) < 4.78 is 27.7. The average molecular weight is 339 g/mol. The first-order valence-electron chi connectivity index (χ1n) is 6.77. The predicted molar refractivity (Wildman–Crippen MR) is 92.5 cm³/mol. The third kappa shape index (κ3) is 3.54. The van der Waals surface area contributed by atoms with Crippen molar-refractivity contribution < 1.29 is 8.42 Å². The lowest BCUT2D eigenvalue weighted by molar-refractivity contribution is 0.600. The standard InChI is InChI=1S/C16H19ClN2O2S/c1-11-10-16(12(2)9-15(11)17)22(20,21)18-13-5-7-14(8-6-13)19(3)4/h5-10,18H,1-4H3. The van der Waals surface area contributed by atoms with E-state index in [2.05, 4.69) is 4.72 Å². The van der Waals surface area contributed by atoms with Crippen LogP contribution in [0.25, 0.3) is 0 Å². The average Bonchev–Trinajstić information content (AvgIpc) is 2.42. The molecule has 0 aliphatic rings. The van der Waals surface area contributed by atoms with E-state index in [0.717, 1.165) is 11.3 Å². The quantitative estimate of drug-likeness (QED) is 0.921. The van der Waals surface area contributed by atoms with Crippen LogP contribution in [0.3, 0.4) is 0 Å². The normalized spacial score (nSPS) is 11.3. The van der Waals surface area contributed by atoms with Crippen molar-refractivity contribution in [1.82, 2.24) is 0 Å². The monoisotopic (exact) mass is 338 g/mol. The number of rotatable bonds is 4. The summed E-state index contributed by atoms with van der Waals surface area (Å²) in [5.41, 5.74) is 2.88. The highest BCUT2D eigenvalue weighted by atomic mass is 35.5. The second-order valence-electron chi connectivity index (χ2n) is 5.41. The molecule has 0 atom stereocenters. The highest BCUT2D eigenvalue weighted by Crippen LogP contribution is 2.26. The third-order valence-corrected chi connectivity index (χ3v) is 5.31. The summed E-state index contributed by atoms with van der Waals surface area (Å²) in [5.74, 6) is 0. The molecule has 2 aromatic carbocycles. The molecule has 0 fully saturated rings. The molecule has 118 valence electrons. The lowest BCUT2D eigenvalue weighted by atomic mass is 10.2. The zero-order chi connectivity index (χ0) is 16.5. The van der Waals surface area contributed by atoms with Crippen LogP contribution in [0.15, 0.2) is 41.3 Å². The van der Waals surface area contributed by atoms with E-state index in [4.69, 9.17) is 11.6 Å². The molecule has 22 heavy (non-hydrogen) atoms. The maximum Gasteiger partial charge on any atom is 0.262 e. The molecule has 0 radical (unpaired) electrons. The Bertz CT molecular complexity index is 785. The summed E-state index contributed by atoms with van der Waals surface area (Å²) in [4.78, 5) is 2.19. The molecule has 0 spiro atoms. The highest BCUT2D eigenvalue weighted by molar-refractivity contribution is 7.92. The number of nitrogens with zero attached hydrogens (tertiary/aromatic N) is 1. The molecule has 0 unspecified atom stereocenters. The fourth-order valence-electron chi connectivity index (χ4n) is 2.08. The van der Waals surface area contributed by atoms with Gasteiger partial charge < -0.3 is 4.90 Å². The van der Waals surface area contributed by atoms with Crippen molar-refractivity contribution in [2.75, 3.05) is 23.7 Å². The smallest absolute Gasteiger partial charge is 0.262 e. The Labute approximate surface area is 136 Å². The van der Waals surface area contributed by atoms with E-state index in [0.29, 0.717) is 16.3 Å². The van der Waals surface area contributed by atoms with Gasteiger partial charge in [0, 0.05) is 30.5 Å². The minimum Gasteiger partial charge on any atom is -0.378 e. The minimum absolute atomic E-state index is 0.242. The summed E-state index contributed by atoms with van der Waals surface area (Å²) in [6.45, 7) is 3.52. The van der Waals surface area contributed by atoms with Crippen LogP contribution in [-0.4, -0.2) is 22.5 Å². The van der Waals surface area contributed by atoms with Crippen LogP contribution in [-0.2, 0) is 10.0 Å². The van der Waals surface area contributed by atoms with Crippen molar-refractivity contribution in [1.29, 1.82) is 0 Å². The van der Waals surface area contributed by atoms with E-state index in [1.165, 1.54) is 0 Å². The molecule has 4 nitrogen and oxygen atoms in total. The van der Waals surface area contributed by atoms with E-state index in [9.17, 15) is 8.42 Å². The Balaban J connectivity index is 2.33. The minimum atomic E-state index is -3.64. The first-order chi connectivity index (χ1) is 10.2. The summed E-state index contributed by atoms with van der Waals surface area (Å²) in [5, 5.41) is 0.562. The van der Waals surface area contributed by atoms with E-state index < -0.39 is 10.0 Å². The summed E-state index contributed by atoms with van der Waals surface area (Å²) >= 11 is 6.02. The van der Waals surface area contributed by atoms with Crippen molar-refractivity contribution in [3.05, 3.63) is 52.5 Å². The van der Waals surface area contributed by atoms with Gasteiger partial charge >= 0.3 is 0 Å². The van der Waals surface area contributed by atoms with Crippen LogP contribution in [0, 0.1) is 13.8 Å². The van der Waals surface area contributed by atoms with E-state index in [1.54, 1.807) is 38.1 Å². The summed E-state index contributed by atoms with van der Waals surface area (Å²) in [6, 6.07) is 10.5. The fraction of sp³-hybridized carbons (Fsp3) is 0.250. The van der Waals surface area contributed by atoms with Crippen LogP contribution < -0.4 is 9.62 Å². The molecule has 0 aliphatic heterocycles. The van der Waals surface area contributed by atoms with Gasteiger partial charge in [0.15, 0.2) is 0 Å². The second kappa shape index (κ2) is 6.18. The molecular formula is C16H19ClN2O2S. The molecule has 1 N–H and O–H groups in total. The topological polar surface area (TPSA) is 49.4 Å². The fourth-order valence-corrected chi connectivity index (χ4v) is 3.67. The van der Waals surface area contributed by atoms with Crippen molar-refractivity contribution >= 4 is 33.0 Å². The largest absolute Gasteiger partial charge is 0.378 e. The van der Waals surface area contributed by atoms with Gasteiger partial charge in [0.25, 0.3) is 10.0 Å². The SMILES string of the molecule is Cc1cc(S(=O)(=O)Nc2ccc(N(C)C)cc2)c(C)cc1Cl. The molecule has 0 bridgehead atoms. The lowest BCUT2D eigenvalue weighted by Crippen LogP contribution is -2.15. The van der Waals surface area contributed by atoms with Crippen LogP contribution in [0.5, 0.6) is 0 Å². The van der Waals surface area contributed by atoms with Gasteiger partial charge in [-0.1, -0.05) is 11.6 Å². The number of nitrogens with one attached hydrogen (secondary N) is 1. The number of hydrogen-bond donors (Lipinski definition) is 1. The van der Waals surface area contributed by atoms with E-state index in [1.807, 2.05) is 31.1 Å². The number of anilines is 2. The maximum atomic E-state index is 12.5. The predicted octanol–water partition coefficient (Wildman–Crippen LogP) is 3.82. The lowest BCUT2D eigenvalue weighted by Gasteiger charge is -2.14. The molecule has 0 heterocycles. The molecule has 0 saturated heterocycles. The van der Waals surface area contributed by atoms with E-state index >= 15 is 0 Å². The molecular weight excluding hydrogens is 320 g/mol. The third-order valence-electron chi connectivity index (χ3n) is 3.38. The molecule has 2 rings (SSSR count). The van der Waals surface area contributed by atoms with Crippen LogP contribution in [0.1, 0.15) is 11.1 Å². The van der Waals surface area contributed by atoms with Crippen molar-refractivity contribution in [2.45, 2.75) is 18.7 Å². The van der Waals surface area contributed by atoms with Gasteiger partial charge in [-0.2, -0.15) is 0 Å². The Morgan fingerprint density at radius 1 is 1.00 bits per heavy atom. The van der Waals surface area contributed by atoms with Gasteiger partial charge in [0.05, 0.1) is 4.90 Å². The summed E-state index contributed by atoms with van der Waals surface area (Å²) in [6.07, 6.45) is 0. The van der Waals surface area contributed by atoms with Crippen molar-refractivity contribution in [2.24, 2.45) is 0 Å². The molecule has 0 aromatic heterocycles. The Kier molecular flexibility index (Phi) is 4.68. The van der Waals surface area contributed by atoms with Gasteiger partial charge in [-0.15, -0.1) is 0 Å². The number of benzene rings is 2. The van der Waals surface area contributed by atoms with Crippen molar-refractivity contribution in [3.8, 4) is 0 Å². The molecule has 2 aromatic rings. The molecule has 0 saturated carbocycles. The second-order valence-corrected chi connectivity index (χ2v) is 7.47. The van der Waals surface area contributed by atoms with Gasteiger partial charge in [-0.05, 0) is 61.4 Å². The number of halogens is 1. The molecule has 0 aliphatic carbocycles. The van der Waals surface area contributed by atoms with Crippen LogP contribution in [0.4, 0.5) is 11.4 Å². The van der Waals surface area contributed by atoms with Crippen molar-refractivity contribution in [3.63, 3.8) is 0 Å². The molecule has 6 heteroatoms. The van der Waals surface area contributed by atoms with Crippen LogP contribution in [0.2, 0.25) is 5.02 Å². The maximum absolute atomic E-state index is 12.5. The van der Waals surface area contributed by atoms with Gasteiger partial charge in [0.1, 0.15) is 0 Å². The zero-order valence-electron chi connectivity index (χ0n) is 13.0. The van der Waals surface area contributed by atoms with Gasteiger partial charge in [0.2, 0.25) is 0 Å².